The first-order chi connectivity index (χ1) is 11.6. The molecule has 1 aliphatic heterocycles. The Morgan fingerprint density at radius 3 is 2.83 bits per heavy atom. The van der Waals surface area contributed by atoms with Gasteiger partial charge in [0.05, 0.1) is 6.04 Å². The highest BCUT2D eigenvalue weighted by molar-refractivity contribution is 5.81. The zero-order valence-corrected chi connectivity index (χ0v) is 14.1. The van der Waals surface area contributed by atoms with E-state index in [1.54, 1.807) is 0 Å². The van der Waals surface area contributed by atoms with Crippen LogP contribution in [0, 0.1) is 0 Å². The highest BCUT2D eigenvalue weighted by atomic mass is 16.2. The topological polar surface area (TPSA) is 90.0 Å². The minimum atomic E-state index is -0.112. The van der Waals surface area contributed by atoms with Crippen molar-refractivity contribution in [2.24, 2.45) is 0 Å². The molecule has 1 aromatic carbocycles. The summed E-state index contributed by atoms with van der Waals surface area (Å²) in [6.45, 7) is 6.32. The maximum Gasteiger partial charge on any atom is 0.237 e. The van der Waals surface area contributed by atoms with Crippen LogP contribution in [0.1, 0.15) is 12.5 Å². The Labute approximate surface area is 141 Å². The molecule has 0 aliphatic carbocycles. The molecule has 0 bridgehead atoms. The zero-order valence-electron chi connectivity index (χ0n) is 14.1. The lowest BCUT2D eigenvalue weighted by Crippen LogP contribution is -2.52. The summed E-state index contributed by atoms with van der Waals surface area (Å²) in [5.74, 6) is 0.610. The van der Waals surface area contributed by atoms with Gasteiger partial charge in [-0.1, -0.05) is 18.2 Å². The van der Waals surface area contributed by atoms with Crippen molar-refractivity contribution in [3.8, 4) is 11.4 Å². The maximum absolute atomic E-state index is 12.4. The van der Waals surface area contributed by atoms with Crippen molar-refractivity contribution >= 4 is 5.91 Å². The van der Waals surface area contributed by atoms with Gasteiger partial charge in [-0.05, 0) is 30.8 Å². The Kier molecular flexibility index (Phi) is 5.17. The van der Waals surface area contributed by atoms with Crippen LogP contribution in [0.15, 0.2) is 24.3 Å². The lowest BCUT2D eigenvalue weighted by atomic mass is 10.1. The van der Waals surface area contributed by atoms with Crippen molar-refractivity contribution < 1.29 is 4.79 Å². The number of benzene rings is 1. The quantitative estimate of drug-likeness (QED) is 0.810. The molecule has 1 atom stereocenters. The van der Waals surface area contributed by atoms with Gasteiger partial charge in [-0.15, -0.1) is 10.2 Å². The second-order valence-electron chi connectivity index (χ2n) is 6.17. The van der Waals surface area contributed by atoms with Crippen molar-refractivity contribution in [3.63, 3.8) is 0 Å². The van der Waals surface area contributed by atoms with E-state index in [-0.39, 0.29) is 11.9 Å². The summed E-state index contributed by atoms with van der Waals surface area (Å²) in [5, 5.41) is 17.0. The van der Waals surface area contributed by atoms with E-state index < -0.39 is 0 Å². The lowest BCUT2D eigenvalue weighted by molar-refractivity contribution is -0.126. The SMILES string of the molecule is C[C@@H](C(=O)NCc1cccc(-c2nn[nH]n2)c1)N1CCN(C)CC1. The van der Waals surface area contributed by atoms with E-state index in [0.717, 1.165) is 37.3 Å². The number of hydrogen-bond donors (Lipinski definition) is 2. The fraction of sp³-hybridized carbons (Fsp3) is 0.500. The first-order valence-electron chi connectivity index (χ1n) is 8.16. The Morgan fingerprint density at radius 2 is 2.12 bits per heavy atom. The molecule has 1 aliphatic rings. The average molecular weight is 329 g/mol. The smallest absolute Gasteiger partial charge is 0.237 e. The molecule has 128 valence electrons. The number of rotatable bonds is 5. The van der Waals surface area contributed by atoms with Gasteiger partial charge in [-0.25, -0.2) is 0 Å². The summed E-state index contributed by atoms with van der Waals surface area (Å²) in [6, 6.07) is 7.68. The summed E-state index contributed by atoms with van der Waals surface area (Å²) < 4.78 is 0. The lowest BCUT2D eigenvalue weighted by Gasteiger charge is -2.35. The van der Waals surface area contributed by atoms with E-state index in [2.05, 4.69) is 42.8 Å². The van der Waals surface area contributed by atoms with Crippen molar-refractivity contribution in [2.45, 2.75) is 19.5 Å². The van der Waals surface area contributed by atoms with Gasteiger partial charge in [-0.2, -0.15) is 5.21 Å². The summed E-state index contributed by atoms with van der Waals surface area (Å²) in [4.78, 5) is 16.9. The number of carbonyl (C=O) groups excluding carboxylic acids is 1. The molecule has 1 aromatic heterocycles. The number of aromatic nitrogens is 4. The van der Waals surface area contributed by atoms with E-state index in [9.17, 15) is 4.79 Å². The van der Waals surface area contributed by atoms with Gasteiger partial charge in [0.2, 0.25) is 11.7 Å². The standard InChI is InChI=1S/C16H23N7O/c1-12(23-8-6-22(2)7-9-23)16(24)17-11-13-4-3-5-14(10-13)15-18-20-21-19-15/h3-5,10,12H,6-9,11H2,1-2H3,(H,17,24)(H,18,19,20,21)/t12-/m0/s1. The predicted octanol–water partition coefficient (Wildman–Crippen LogP) is 0.119. The van der Waals surface area contributed by atoms with Gasteiger partial charge >= 0.3 is 0 Å². The number of amides is 1. The number of hydrogen-bond acceptors (Lipinski definition) is 6. The molecule has 2 aromatic rings. The number of piperazine rings is 1. The molecule has 8 heteroatoms. The van der Waals surface area contributed by atoms with Gasteiger partial charge in [0.1, 0.15) is 0 Å². The van der Waals surface area contributed by atoms with E-state index in [4.69, 9.17) is 0 Å². The normalized spacial score (nSPS) is 17.6. The van der Waals surface area contributed by atoms with E-state index in [0.29, 0.717) is 12.4 Å². The third-order valence-corrected chi connectivity index (χ3v) is 4.46. The van der Waals surface area contributed by atoms with Crippen LogP contribution in [0.3, 0.4) is 0 Å². The Bertz CT molecular complexity index is 665. The van der Waals surface area contributed by atoms with Crippen LogP contribution in [0.5, 0.6) is 0 Å². The monoisotopic (exact) mass is 329 g/mol. The number of aromatic amines is 1. The number of nitrogens with one attached hydrogen (secondary N) is 2. The number of tetrazole rings is 1. The summed E-state index contributed by atoms with van der Waals surface area (Å²) in [6.07, 6.45) is 0. The summed E-state index contributed by atoms with van der Waals surface area (Å²) in [7, 11) is 2.11. The second-order valence-corrected chi connectivity index (χ2v) is 6.17. The van der Waals surface area contributed by atoms with E-state index >= 15 is 0 Å². The summed E-state index contributed by atoms with van der Waals surface area (Å²) >= 11 is 0. The van der Waals surface area contributed by atoms with Crippen LogP contribution in [0.2, 0.25) is 0 Å². The minimum Gasteiger partial charge on any atom is -0.351 e. The van der Waals surface area contributed by atoms with Crippen molar-refractivity contribution in [2.75, 3.05) is 33.2 Å². The van der Waals surface area contributed by atoms with E-state index in [1.807, 2.05) is 31.2 Å². The number of nitrogens with zero attached hydrogens (tertiary/aromatic N) is 5. The Hall–Kier alpha value is -2.32. The predicted molar refractivity (Wildman–Crippen MR) is 90.0 cm³/mol. The molecule has 1 fully saturated rings. The van der Waals surface area contributed by atoms with Crippen LogP contribution in [0.25, 0.3) is 11.4 Å². The molecule has 1 saturated heterocycles. The van der Waals surface area contributed by atoms with Gasteiger partial charge < -0.3 is 10.2 Å². The number of likely N-dealkylation sites (N-methyl/N-ethyl adjacent to an activating group) is 1. The third kappa shape index (κ3) is 3.95. The highest BCUT2D eigenvalue weighted by Gasteiger charge is 2.24. The molecule has 0 radical (unpaired) electrons. The fourth-order valence-corrected chi connectivity index (χ4v) is 2.82. The minimum absolute atomic E-state index is 0.0597. The van der Waals surface area contributed by atoms with Gasteiger partial charge in [0.15, 0.2) is 0 Å². The zero-order chi connectivity index (χ0) is 16.9. The first kappa shape index (κ1) is 16.5. The second kappa shape index (κ2) is 7.50. The van der Waals surface area contributed by atoms with Crippen LogP contribution in [0.4, 0.5) is 0 Å². The highest BCUT2D eigenvalue weighted by Crippen LogP contribution is 2.15. The molecule has 0 spiro atoms. The third-order valence-electron chi connectivity index (χ3n) is 4.46. The molecule has 3 rings (SSSR count). The molecular formula is C16H23N7O. The fourth-order valence-electron chi connectivity index (χ4n) is 2.82. The van der Waals surface area contributed by atoms with Crippen LogP contribution in [-0.4, -0.2) is 75.6 Å². The van der Waals surface area contributed by atoms with Gasteiger partial charge in [0, 0.05) is 38.3 Å². The number of H-pyrrole nitrogens is 1. The largest absolute Gasteiger partial charge is 0.351 e. The Morgan fingerprint density at radius 1 is 1.33 bits per heavy atom. The molecule has 0 saturated carbocycles. The molecule has 24 heavy (non-hydrogen) atoms. The Balaban J connectivity index is 1.55. The summed E-state index contributed by atoms with van der Waals surface area (Å²) in [5.41, 5.74) is 1.89. The van der Waals surface area contributed by atoms with Crippen LogP contribution < -0.4 is 5.32 Å². The van der Waals surface area contributed by atoms with Crippen molar-refractivity contribution in [1.82, 2.24) is 35.7 Å². The van der Waals surface area contributed by atoms with Crippen LogP contribution >= 0.6 is 0 Å². The van der Waals surface area contributed by atoms with Crippen molar-refractivity contribution in [1.29, 1.82) is 0 Å². The molecule has 0 unspecified atom stereocenters. The van der Waals surface area contributed by atoms with Crippen LogP contribution in [-0.2, 0) is 11.3 Å². The first-order valence-corrected chi connectivity index (χ1v) is 8.16. The molecular weight excluding hydrogens is 306 g/mol. The molecule has 2 N–H and O–H groups in total. The molecule has 1 amide bonds. The van der Waals surface area contributed by atoms with Gasteiger partial charge in [0.25, 0.3) is 0 Å². The number of carbonyl (C=O) groups is 1. The van der Waals surface area contributed by atoms with Gasteiger partial charge in [-0.3, -0.25) is 9.69 Å². The average Bonchev–Trinajstić information content (AvgIpc) is 3.15. The maximum atomic E-state index is 12.4. The molecule has 2 heterocycles. The van der Waals surface area contributed by atoms with E-state index in [1.165, 1.54) is 0 Å². The van der Waals surface area contributed by atoms with Crippen molar-refractivity contribution in [3.05, 3.63) is 29.8 Å². The molecule has 8 nitrogen and oxygen atoms in total.